The molecule has 4 rings (SSSR count). The molecule has 0 aliphatic rings. The lowest BCUT2D eigenvalue weighted by molar-refractivity contribution is -0.140. The predicted octanol–water partition coefficient (Wildman–Crippen LogP) is 5.51. The van der Waals surface area contributed by atoms with E-state index in [9.17, 15) is 18.0 Å². The van der Waals surface area contributed by atoms with Gasteiger partial charge in [0.05, 0.1) is 11.9 Å². The van der Waals surface area contributed by atoms with Crippen molar-refractivity contribution >= 4 is 27.5 Å². The molecule has 1 N–H and O–H groups in total. The van der Waals surface area contributed by atoms with Crippen LogP contribution in [0.3, 0.4) is 0 Å². The molecule has 8 nitrogen and oxygen atoms in total. The van der Waals surface area contributed by atoms with Gasteiger partial charge in [-0.25, -0.2) is 8.42 Å². The Bertz CT molecular complexity index is 1650. The zero-order valence-electron chi connectivity index (χ0n) is 26.1. The van der Waals surface area contributed by atoms with Crippen LogP contribution in [0.15, 0.2) is 109 Å². The number of rotatable bonds is 15. The summed E-state index contributed by atoms with van der Waals surface area (Å²) in [5, 5.41) is 2.95. The van der Waals surface area contributed by atoms with E-state index in [0.717, 1.165) is 39.2 Å². The van der Waals surface area contributed by atoms with Crippen molar-refractivity contribution in [1.82, 2.24) is 10.2 Å². The molecule has 236 valence electrons. The fraction of sp³-hybridized carbons (Fsp3) is 0.278. The van der Waals surface area contributed by atoms with Gasteiger partial charge < -0.3 is 15.0 Å². The van der Waals surface area contributed by atoms with Crippen LogP contribution < -0.4 is 14.4 Å². The first kappa shape index (κ1) is 33.3. The average Bonchev–Trinajstić information content (AvgIpc) is 3.04. The summed E-state index contributed by atoms with van der Waals surface area (Å²) in [4.78, 5) is 29.3. The number of amides is 2. The van der Waals surface area contributed by atoms with E-state index in [1.807, 2.05) is 98.8 Å². The van der Waals surface area contributed by atoms with Crippen molar-refractivity contribution in [3.63, 3.8) is 0 Å². The van der Waals surface area contributed by atoms with E-state index in [2.05, 4.69) is 5.32 Å². The number of aryl methyl sites for hydroxylation is 1. The molecule has 0 aliphatic heterocycles. The number of nitrogens with zero attached hydrogens (tertiary/aromatic N) is 2. The highest BCUT2D eigenvalue weighted by atomic mass is 32.2. The van der Waals surface area contributed by atoms with E-state index < -0.39 is 28.5 Å². The Morgan fingerprint density at radius 1 is 0.822 bits per heavy atom. The SMILES string of the molecule is CCCNC(=O)C(Cc1ccccc1)N(Cc1cccc(C)c1)C(=O)CN(c1ccc(OCc2ccccc2)cc1)S(C)(=O)=O. The second kappa shape index (κ2) is 15.9. The van der Waals surface area contributed by atoms with Crippen LogP contribution in [0.5, 0.6) is 5.75 Å². The second-order valence-electron chi connectivity index (χ2n) is 11.0. The number of carbonyl (C=O) groups excluding carboxylic acids is 2. The van der Waals surface area contributed by atoms with Crippen molar-refractivity contribution in [2.75, 3.05) is 23.7 Å². The number of benzene rings is 4. The number of hydrogen-bond acceptors (Lipinski definition) is 5. The van der Waals surface area contributed by atoms with E-state index in [-0.39, 0.29) is 18.9 Å². The Balaban J connectivity index is 1.63. The number of sulfonamides is 1. The molecular formula is C36H41N3O5S. The minimum atomic E-state index is -3.87. The third-order valence-corrected chi connectivity index (χ3v) is 8.45. The molecule has 0 radical (unpaired) electrons. The highest BCUT2D eigenvalue weighted by Gasteiger charge is 2.33. The normalized spacial score (nSPS) is 11.8. The van der Waals surface area contributed by atoms with E-state index in [1.165, 1.54) is 4.90 Å². The number of anilines is 1. The summed E-state index contributed by atoms with van der Waals surface area (Å²) in [5.74, 6) is -0.203. The zero-order chi connectivity index (χ0) is 32.2. The van der Waals surface area contributed by atoms with Crippen molar-refractivity contribution in [2.24, 2.45) is 0 Å². The number of carbonyl (C=O) groups is 2. The van der Waals surface area contributed by atoms with Crippen molar-refractivity contribution in [3.8, 4) is 5.75 Å². The van der Waals surface area contributed by atoms with E-state index in [4.69, 9.17) is 4.74 Å². The standard InChI is InChI=1S/C36H41N3O5S/c1-4-22-37-36(41)34(24-29-13-7-5-8-14-29)38(25-31-17-11-12-28(2)23-31)35(40)26-39(45(3,42)43)32-18-20-33(21-19-32)44-27-30-15-9-6-10-16-30/h5-21,23,34H,4,22,24-27H2,1-3H3,(H,37,41). The van der Waals surface area contributed by atoms with Gasteiger partial charge >= 0.3 is 0 Å². The van der Waals surface area contributed by atoms with Crippen molar-refractivity contribution in [1.29, 1.82) is 0 Å². The maximum atomic E-state index is 14.2. The van der Waals surface area contributed by atoms with Crippen molar-refractivity contribution < 1.29 is 22.7 Å². The third kappa shape index (κ3) is 9.94. The van der Waals surface area contributed by atoms with Crippen molar-refractivity contribution in [2.45, 2.75) is 45.9 Å². The molecule has 0 saturated carbocycles. The Morgan fingerprint density at radius 2 is 1.44 bits per heavy atom. The fourth-order valence-corrected chi connectivity index (χ4v) is 5.84. The molecule has 0 aromatic heterocycles. The number of nitrogens with one attached hydrogen (secondary N) is 1. The Hall–Kier alpha value is -4.63. The fourth-order valence-electron chi connectivity index (χ4n) is 4.99. The van der Waals surface area contributed by atoms with Gasteiger partial charge in [0.15, 0.2) is 0 Å². The summed E-state index contributed by atoms with van der Waals surface area (Å²) in [6.07, 6.45) is 2.09. The molecule has 0 aliphatic carbocycles. The van der Waals surface area contributed by atoms with E-state index >= 15 is 0 Å². The van der Waals surface area contributed by atoms with Crippen LogP contribution >= 0.6 is 0 Å². The molecule has 0 bridgehead atoms. The second-order valence-corrected chi connectivity index (χ2v) is 13.0. The molecule has 1 unspecified atom stereocenters. The number of hydrogen-bond donors (Lipinski definition) is 1. The number of ether oxygens (including phenoxy) is 1. The maximum Gasteiger partial charge on any atom is 0.244 e. The van der Waals surface area contributed by atoms with Gasteiger partial charge in [-0.3, -0.25) is 13.9 Å². The molecule has 4 aromatic carbocycles. The van der Waals surface area contributed by atoms with Crippen molar-refractivity contribution in [3.05, 3.63) is 131 Å². The van der Waals surface area contributed by atoms with Gasteiger partial charge in [-0.1, -0.05) is 97.4 Å². The summed E-state index contributed by atoms with van der Waals surface area (Å²) in [5.41, 5.74) is 4.08. The first-order valence-electron chi connectivity index (χ1n) is 15.0. The first-order valence-corrected chi connectivity index (χ1v) is 16.9. The smallest absolute Gasteiger partial charge is 0.244 e. The van der Waals surface area contributed by atoms with E-state index in [0.29, 0.717) is 24.6 Å². The van der Waals surface area contributed by atoms with E-state index in [1.54, 1.807) is 24.3 Å². The molecule has 1 atom stereocenters. The largest absolute Gasteiger partial charge is 0.489 e. The van der Waals surface area contributed by atoms with Gasteiger partial charge in [0.1, 0.15) is 24.9 Å². The monoisotopic (exact) mass is 627 g/mol. The lowest BCUT2D eigenvalue weighted by Crippen LogP contribution is -2.53. The summed E-state index contributed by atoms with van der Waals surface area (Å²) in [7, 11) is -3.87. The zero-order valence-corrected chi connectivity index (χ0v) is 26.9. The molecule has 4 aromatic rings. The van der Waals surface area contributed by atoms with Crippen LogP contribution in [0.25, 0.3) is 0 Å². The lowest BCUT2D eigenvalue weighted by atomic mass is 10.0. The minimum Gasteiger partial charge on any atom is -0.489 e. The molecule has 0 spiro atoms. The summed E-state index contributed by atoms with van der Waals surface area (Å²) in [6, 6.07) is 32.7. The maximum absolute atomic E-state index is 14.2. The molecule has 0 heterocycles. The average molecular weight is 628 g/mol. The van der Waals surface area contributed by atoms with Crippen LogP contribution in [0.4, 0.5) is 5.69 Å². The Kier molecular flexibility index (Phi) is 11.8. The summed E-state index contributed by atoms with van der Waals surface area (Å²) in [6.45, 7) is 4.42. The Morgan fingerprint density at radius 3 is 2.04 bits per heavy atom. The molecule has 2 amide bonds. The van der Waals surface area contributed by atoms with Crippen LogP contribution in [0, 0.1) is 6.92 Å². The van der Waals surface area contributed by atoms with Gasteiger partial charge in [-0.15, -0.1) is 0 Å². The predicted molar refractivity (Wildman–Crippen MR) is 178 cm³/mol. The topological polar surface area (TPSA) is 96.0 Å². The van der Waals surface area contributed by atoms with Gasteiger partial charge in [0.2, 0.25) is 21.8 Å². The van der Waals surface area contributed by atoms with Gasteiger partial charge in [0, 0.05) is 19.5 Å². The molecule has 0 saturated heterocycles. The summed E-state index contributed by atoms with van der Waals surface area (Å²) < 4.78 is 33.1. The van der Waals surface area contributed by atoms with Crippen LogP contribution in [0.1, 0.15) is 35.6 Å². The molecule has 0 fully saturated rings. The van der Waals surface area contributed by atoms with Crippen LogP contribution in [-0.2, 0) is 39.2 Å². The van der Waals surface area contributed by atoms with Crippen LogP contribution in [-0.4, -0.2) is 50.5 Å². The quantitative estimate of drug-likeness (QED) is 0.188. The minimum absolute atomic E-state index is 0.140. The highest BCUT2D eigenvalue weighted by Crippen LogP contribution is 2.24. The molecular weight excluding hydrogens is 586 g/mol. The first-order chi connectivity index (χ1) is 21.6. The molecule has 9 heteroatoms. The third-order valence-electron chi connectivity index (χ3n) is 7.31. The highest BCUT2D eigenvalue weighted by molar-refractivity contribution is 7.92. The molecule has 45 heavy (non-hydrogen) atoms. The summed E-state index contributed by atoms with van der Waals surface area (Å²) >= 11 is 0. The lowest BCUT2D eigenvalue weighted by Gasteiger charge is -2.33. The Labute approximate surface area is 266 Å². The van der Waals surface area contributed by atoms with Crippen LogP contribution in [0.2, 0.25) is 0 Å². The van der Waals surface area contributed by atoms with Gasteiger partial charge in [0.25, 0.3) is 0 Å². The van der Waals surface area contributed by atoms with Gasteiger partial charge in [-0.05, 0) is 54.3 Å². The van der Waals surface area contributed by atoms with Gasteiger partial charge in [-0.2, -0.15) is 0 Å².